The van der Waals surface area contributed by atoms with Crippen LogP contribution in [-0.2, 0) is 4.79 Å². The summed E-state index contributed by atoms with van der Waals surface area (Å²) < 4.78 is 14.4. The molecule has 0 unspecified atom stereocenters. The van der Waals surface area contributed by atoms with E-state index in [2.05, 4.69) is 15.5 Å². The fraction of sp³-hybridized carbons (Fsp3) is 0.0625. The molecule has 1 amide bonds. The molecule has 0 radical (unpaired) electrons. The number of benzene rings is 2. The predicted molar refractivity (Wildman–Crippen MR) is 103 cm³/mol. The number of nitrogens with one attached hydrogen (secondary N) is 1. The van der Waals surface area contributed by atoms with Gasteiger partial charge in [-0.25, -0.2) is 9.07 Å². The number of hydrogen-bond acceptors (Lipinski definition) is 7. The highest BCUT2D eigenvalue weighted by molar-refractivity contribution is 7.99. The van der Waals surface area contributed by atoms with E-state index in [0.29, 0.717) is 16.4 Å². The zero-order valence-corrected chi connectivity index (χ0v) is 15.6. The van der Waals surface area contributed by atoms with Gasteiger partial charge >= 0.3 is 0 Å². The number of halogens is 2. The number of amides is 1. The van der Waals surface area contributed by atoms with Gasteiger partial charge in [0, 0.05) is 10.6 Å². The zero-order chi connectivity index (χ0) is 20.3. The summed E-state index contributed by atoms with van der Waals surface area (Å²) >= 11 is 6.84. The lowest BCUT2D eigenvalue weighted by Crippen LogP contribution is -2.17. The van der Waals surface area contributed by atoms with Crippen molar-refractivity contribution in [2.45, 2.75) is 5.16 Å². The van der Waals surface area contributed by atoms with Gasteiger partial charge in [0.15, 0.2) is 5.82 Å². The molecule has 0 atom stereocenters. The number of nitro benzene ring substituents is 1. The van der Waals surface area contributed by atoms with Crippen molar-refractivity contribution in [2.24, 2.45) is 0 Å². The monoisotopic (exact) mass is 422 g/mol. The second-order valence-electron chi connectivity index (χ2n) is 5.44. The number of hydrogen-bond donors (Lipinski definition) is 2. The van der Waals surface area contributed by atoms with Crippen molar-refractivity contribution in [3.8, 4) is 11.4 Å². The van der Waals surface area contributed by atoms with Crippen LogP contribution in [0.3, 0.4) is 0 Å². The van der Waals surface area contributed by atoms with Crippen molar-refractivity contribution in [2.75, 3.05) is 16.9 Å². The third kappa shape index (κ3) is 4.38. The fourth-order valence-electron chi connectivity index (χ4n) is 2.25. The lowest BCUT2D eigenvalue weighted by atomic mass is 10.2. The van der Waals surface area contributed by atoms with Gasteiger partial charge in [-0.2, -0.15) is 0 Å². The maximum atomic E-state index is 13.2. The highest BCUT2D eigenvalue weighted by Crippen LogP contribution is 2.26. The molecule has 0 saturated heterocycles. The Morgan fingerprint density at radius 3 is 2.68 bits per heavy atom. The molecule has 0 fully saturated rings. The molecule has 1 heterocycles. The summed E-state index contributed by atoms with van der Waals surface area (Å²) in [7, 11) is 0. The van der Waals surface area contributed by atoms with Crippen LogP contribution in [0.5, 0.6) is 0 Å². The summed E-state index contributed by atoms with van der Waals surface area (Å²) in [5.74, 6) is 4.90. The molecule has 28 heavy (non-hydrogen) atoms. The number of nitro groups is 1. The summed E-state index contributed by atoms with van der Waals surface area (Å²) in [5, 5.41) is 22.1. The van der Waals surface area contributed by atoms with Gasteiger partial charge in [-0.3, -0.25) is 14.9 Å². The van der Waals surface area contributed by atoms with Crippen LogP contribution in [0.25, 0.3) is 11.4 Å². The quantitative estimate of drug-likeness (QED) is 0.270. The van der Waals surface area contributed by atoms with Gasteiger partial charge < -0.3 is 11.2 Å². The largest absolute Gasteiger partial charge is 0.335 e. The molecule has 0 spiro atoms. The number of rotatable bonds is 6. The van der Waals surface area contributed by atoms with E-state index in [4.69, 9.17) is 17.4 Å². The van der Waals surface area contributed by atoms with E-state index >= 15 is 0 Å². The predicted octanol–water partition coefficient (Wildman–Crippen LogP) is 3.09. The zero-order valence-electron chi connectivity index (χ0n) is 14.0. The molecule has 12 heteroatoms. The number of anilines is 1. The van der Waals surface area contributed by atoms with Crippen LogP contribution in [0, 0.1) is 15.9 Å². The Hall–Kier alpha value is -3.18. The third-order valence-electron chi connectivity index (χ3n) is 3.53. The highest BCUT2D eigenvalue weighted by atomic mass is 35.5. The molecule has 3 N–H and O–H groups in total. The van der Waals surface area contributed by atoms with E-state index in [1.54, 1.807) is 24.3 Å². The topological polar surface area (TPSA) is 129 Å². The van der Waals surface area contributed by atoms with Gasteiger partial charge in [0.1, 0.15) is 11.5 Å². The van der Waals surface area contributed by atoms with Crippen LogP contribution in [0.1, 0.15) is 0 Å². The number of thioether (sulfide) groups is 1. The Morgan fingerprint density at radius 2 is 2.00 bits per heavy atom. The van der Waals surface area contributed by atoms with Crippen molar-refractivity contribution in [1.29, 1.82) is 0 Å². The smallest absolute Gasteiger partial charge is 0.295 e. The van der Waals surface area contributed by atoms with Gasteiger partial charge in [0.2, 0.25) is 11.1 Å². The van der Waals surface area contributed by atoms with E-state index in [1.165, 1.54) is 4.68 Å². The molecule has 0 aliphatic rings. The van der Waals surface area contributed by atoms with E-state index in [0.717, 1.165) is 30.0 Å². The minimum Gasteiger partial charge on any atom is -0.335 e. The van der Waals surface area contributed by atoms with Crippen LogP contribution in [0.15, 0.2) is 47.6 Å². The van der Waals surface area contributed by atoms with Crippen molar-refractivity contribution < 1.29 is 14.1 Å². The summed E-state index contributed by atoms with van der Waals surface area (Å²) in [4.78, 5) is 22.3. The van der Waals surface area contributed by atoms with E-state index < -0.39 is 22.3 Å². The molecule has 0 saturated carbocycles. The van der Waals surface area contributed by atoms with Crippen molar-refractivity contribution >= 4 is 40.6 Å². The molecule has 0 aliphatic carbocycles. The van der Waals surface area contributed by atoms with E-state index in [9.17, 15) is 19.3 Å². The average Bonchev–Trinajstić information content (AvgIpc) is 3.02. The summed E-state index contributed by atoms with van der Waals surface area (Å²) in [6, 6.07) is 9.69. The van der Waals surface area contributed by atoms with Crippen LogP contribution >= 0.6 is 23.4 Å². The molecule has 144 valence electrons. The average molecular weight is 423 g/mol. The molecular formula is C16H12ClFN6O3S. The first-order valence-electron chi connectivity index (χ1n) is 7.68. The minimum absolute atomic E-state index is 0.104. The molecule has 9 nitrogen and oxygen atoms in total. The summed E-state index contributed by atoms with van der Waals surface area (Å²) in [5.41, 5.74) is 0.0519. The Bertz CT molecular complexity index is 1040. The number of nitrogen functional groups attached to an aromatic ring is 1. The molecule has 3 rings (SSSR count). The molecule has 0 bridgehead atoms. The SMILES string of the molecule is Nn1c(SCC(=O)Nc2ccc(F)cc2[N+](=O)[O-])nnc1-c1ccc(Cl)cc1. The van der Waals surface area contributed by atoms with Gasteiger partial charge in [0.25, 0.3) is 5.69 Å². The number of carbonyl (C=O) groups is 1. The normalized spacial score (nSPS) is 10.6. The summed E-state index contributed by atoms with van der Waals surface area (Å²) in [6.07, 6.45) is 0. The maximum Gasteiger partial charge on any atom is 0.295 e. The number of nitrogens with zero attached hydrogens (tertiary/aromatic N) is 4. The summed E-state index contributed by atoms with van der Waals surface area (Å²) in [6.45, 7) is 0. The van der Waals surface area contributed by atoms with E-state index in [-0.39, 0.29) is 16.6 Å². The Morgan fingerprint density at radius 1 is 1.29 bits per heavy atom. The lowest BCUT2D eigenvalue weighted by Gasteiger charge is -2.06. The maximum absolute atomic E-state index is 13.2. The molecule has 2 aromatic carbocycles. The van der Waals surface area contributed by atoms with Crippen molar-refractivity contribution in [3.63, 3.8) is 0 Å². The Labute approximate surface area is 166 Å². The minimum atomic E-state index is -0.777. The molecule has 0 aliphatic heterocycles. The van der Waals surface area contributed by atoms with Crippen LogP contribution < -0.4 is 11.2 Å². The van der Waals surface area contributed by atoms with Gasteiger partial charge in [-0.05, 0) is 36.4 Å². The van der Waals surface area contributed by atoms with Crippen molar-refractivity contribution in [3.05, 3.63) is 63.4 Å². The fourth-order valence-corrected chi connectivity index (χ4v) is 3.03. The Balaban J connectivity index is 1.67. The second-order valence-corrected chi connectivity index (χ2v) is 6.82. The molecule has 3 aromatic rings. The first-order chi connectivity index (χ1) is 13.3. The standard InChI is InChI=1S/C16H12ClFN6O3S/c17-10-3-1-9(2-4-10)15-21-22-16(23(15)19)28-8-14(25)20-12-6-5-11(18)7-13(12)24(26)27/h1-7H,8,19H2,(H,20,25). The van der Waals surface area contributed by atoms with Crippen LogP contribution in [0.2, 0.25) is 5.02 Å². The lowest BCUT2D eigenvalue weighted by molar-refractivity contribution is -0.384. The van der Waals surface area contributed by atoms with Gasteiger partial charge in [-0.1, -0.05) is 23.4 Å². The van der Waals surface area contributed by atoms with Crippen molar-refractivity contribution in [1.82, 2.24) is 14.9 Å². The van der Waals surface area contributed by atoms with Crippen LogP contribution in [0.4, 0.5) is 15.8 Å². The molecular weight excluding hydrogens is 411 g/mol. The number of aromatic nitrogens is 3. The van der Waals surface area contributed by atoms with Crippen LogP contribution in [-0.4, -0.2) is 31.5 Å². The molecule has 1 aromatic heterocycles. The second kappa shape index (κ2) is 8.23. The van der Waals surface area contributed by atoms with Gasteiger partial charge in [-0.15, -0.1) is 10.2 Å². The van der Waals surface area contributed by atoms with E-state index in [1.807, 2.05) is 0 Å². The number of nitrogens with two attached hydrogens (primary N) is 1. The highest BCUT2D eigenvalue weighted by Gasteiger charge is 2.18. The Kier molecular flexibility index (Phi) is 5.76. The van der Waals surface area contributed by atoms with Gasteiger partial charge in [0.05, 0.1) is 16.7 Å². The first-order valence-corrected chi connectivity index (χ1v) is 9.04. The number of carbonyl (C=O) groups excluding carboxylic acids is 1. The third-order valence-corrected chi connectivity index (χ3v) is 4.72. The first kappa shape index (κ1) is 19.6.